The number of nitrogens with one attached hydrogen (secondary N) is 7. The normalized spacial score (nSPS) is 10.5. The van der Waals surface area contributed by atoms with Crippen LogP contribution in [0.15, 0.2) is 0 Å². The summed E-state index contributed by atoms with van der Waals surface area (Å²) in [6, 6.07) is 0. The van der Waals surface area contributed by atoms with Gasteiger partial charge in [0.2, 0.25) is 0 Å². The maximum absolute atomic E-state index is 8.41. The Kier molecular flexibility index (Phi) is 57.0. The maximum atomic E-state index is 8.41. The standard InChI is InChI=1S/C9H24N4.C8H21N3.C7H17NO2.C5H14N2/c1-10-4-7-13(8-5-11-2)9-6-12-3;1-11(2)8-4-7-10-6-3-5-9;9-6-3-1-2-4-8-5-7-10;1-6-4-3-5-7-2/h10-12H,4-9H2,1-3H3;10H,3-9H2,1-2H3;8-10H,1-7H2;6-7H,3-5H2,1-2H3. The molecule has 0 aliphatic heterocycles. The topological polar surface area (TPSA) is 157 Å². The number of aliphatic hydroxyl groups excluding tert-OH is 2. The Morgan fingerprint density at radius 3 is 1.34 bits per heavy atom. The fourth-order valence-electron chi connectivity index (χ4n) is 3.20. The number of hydrogen-bond donors (Lipinski definition) is 10. The summed E-state index contributed by atoms with van der Waals surface area (Å²) in [6.07, 6.45) is 6.56. The molecule has 254 valence electrons. The van der Waals surface area contributed by atoms with Gasteiger partial charge < -0.3 is 58.1 Å². The average Bonchev–Trinajstić information content (AvgIpc) is 2.97. The fraction of sp³-hybridized carbons (Fsp3) is 1.00. The number of nitrogens with zero attached hydrogens (tertiary/aromatic N) is 2. The highest BCUT2D eigenvalue weighted by Crippen LogP contribution is 1.91. The lowest BCUT2D eigenvalue weighted by Crippen LogP contribution is -2.39. The molecule has 11 N–H and O–H groups in total. The van der Waals surface area contributed by atoms with E-state index in [0.717, 1.165) is 111 Å². The molecule has 12 nitrogen and oxygen atoms in total. The first-order valence-corrected chi connectivity index (χ1v) is 15.9. The molecule has 0 aromatic rings. The van der Waals surface area contributed by atoms with Crippen molar-refractivity contribution in [3.8, 4) is 0 Å². The molecular weight excluding hydrogens is 520 g/mol. The third-order valence-electron chi connectivity index (χ3n) is 5.70. The molecule has 0 fully saturated rings. The molecule has 0 aliphatic rings. The van der Waals surface area contributed by atoms with Crippen LogP contribution in [0.1, 0.15) is 38.5 Å². The smallest absolute Gasteiger partial charge is 0.0555 e. The van der Waals surface area contributed by atoms with E-state index in [1.165, 1.54) is 12.8 Å². The number of aliphatic hydroxyl groups is 2. The van der Waals surface area contributed by atoms with Crippen molar-refractivity contribution in [3.05, 3.63) is 0 Å². The van der Waals surface area contributed by atoms with Crippen LogP contribution in [0, 0.1) is 0 Å². The predicted molar refractivity (Wildman–Crippen MR) is 181 cm³/mol. The van der Waals surface area contributed by atoms with Gasteiger partial charge in [-0.25, -0.2) is 0 Å². The zero-order valence-corrected chi connectivity index (χ0v) is 28.4. The van der Waals surface area contributed by atoms with Crippen LogP contribution in [-0.4, -0.2) is 174 Å². The number of likely N-dealkylation sites (N-methyl/N-ethyl adjacent to an activating group) is 3. The van der Waals surface area contributed by atoms with Crippen molar-refractivity contribution in [2.45, 2.75) is 38.5 Å². The van der Waals surface area contributed by atoms with Crippen LogP contribution in [0.5, 0.6) is 0 Å². The van der Waals surface area contributed by atoms with Crippen LogP contribution in [0.4, 0.5) is 0 Å². The van der Waals surface area contributed by atoms with Crippen LogP contribution in [-0.2, 0) is 0 Å². The van der Waals surface area contributed by atoms with Gasteiger partial charge in [0.1, 0.15) is 0 Å². The first-order chi connectivity index (χ1) is 19.9. The molecule has 0 spiro atoms. The van der Waals surface area contributed by atoms with Gasteiger partial charge in [0, 0.05) is 52.4 Å². The molecule has 0 aromatic carbocycles. The minimum absolute atomic E-state index is 0.208. The van der Waals surface area contributed by atoms with E-state index in [9.17, 15) is 0 Å². The van der Waals surface area contributed by atoms with Crippen molar-refractivity contribution in [2.24, 2.45) is 5.73 Å². The van der Waals surface area contributed by atoms with Crippen molar-refractivity contribution in [1.29, 1.82) is 0 Å². The summed E-state index contributed by atoms with van der Waals surface area (Å²) in [7, 11) is 14.1. The lowest BCUT2D eigenvalue weighted by Gasteiger charge is -2.21. The molecule has 12 heteroatoms. The summed E-state index contributed by atoms with van der Waals surface area (Å²) >= 11 is 0. The number of hydrogen-bond acceptors (Lipinski definition) is 12. The minimum Gasteiger partial charge on any atom is -0.396 e. The molecule has 0 heterocycles. The molecule has 41 heavy (non-hydrogen) atoms. The van der Waals surface area contributed by atoms with Crippen molar-refractivity contribution < 1.29 is 10.2 Å². The summed E-state index contributed by atoms with van der Waals surface area (Å²) in [6.45, 7) is 15.0. The second kappa shape index (κ2) is 49.2. The van der Waals surface area contributed by atoms with Gasteiger partial charge in [-0.2, -0.15) is 0 Å². The monoisotopic (exact) mass is 597 g/mol. The third kappa shape index (κ3) is 59.7. The molecule has 0 unspecified atom stereocenters. The van der Waals surface area contributed by atoms with Crippen LogP contribution in [0.25, 0.3) is 0 Å². The largest absolute Gasteiger partial charge is 0.396 e. The average molecular weight is 597 g/mol. The van der Waals surface area contributed by atoms with E-state index in [0.29, 0.717) is 13.2 Å². The van der Waals surface area contributed by atoms with Gasteiger partial charge in [0.25, 0.3) is 0 Å². The molecule has 0 atom stereocenters. The molecule has 0 rings (SSSR count). The maximum Gasteiger partial charge on any atom is 0.0555 e. The predicted octanol–water partition coefficient (Wildman–Crippen LogP) is -1.63. The summed E-state index contributed by atoms with van der Waals surface area (Å²) < 4.78 is 0. The molecular formula is C29H76N10O2. The lowest BCUT2D eigenvalue weighted by molar-refractivity contribution is 0.279. The fourth-order valence-corrected chi connectivity index (χ4v) is 3.20. The summed E-state index contributed by atoms with van der Waals surface area (Å²) in [5, 5.41) is 38.8. The second-order valence-corrected chi connectivity index (χ2v) is 10.0. The molecule has 0 radical (unpaired) electrons. The highest BCUT2D eigenvalue weighted by Gasteiger charge is 2.01. The van der Waals surface area contributed by atoms with Gasteiger partial charge in [-0.05, 0) is 134 Å². The van der Waals surface area contributed by atoms with Gasteiger partial charge in [-0.3, -0.25) is 4.90 Å². The summed E-state index contributed by atoms with van der Waals surface area (Å²) in [5.41, 5.74) is 5.34. The van der Waals surface area contributed by atoms with E-state index in [1.54, 1.807) is 0 Å². The van der Waals surface area contributed by atoms with E-state index in [1.807, 2.05) is 35.2 Å². The van der Waals surface area contributed by atoms with Gasteiger partial charge in [0.15, 0.2) is 0 Å². The van der Waals surface area contributed by atoms with E-state index >= 15 is 0 Å². The van der Waals surface area contributed by atoms with Crippen LogP contribution in [0.3, 0.4) is 0 Å². The Labute approximate surface area is 255 Å². The zero-order chi connectivity index (χ0) is 31.7. The van der Waals surface area contributed by atoms with E-state index in [4.69, 9.17) is 15.9 Å². The molecule has 0 aliphatic carbocycles. The van der Waals surface area contributed by atoms with E-state index in [-0.39, 0.29) is 6.61 Å². The van der Waals surface area contributed by atoms with Gasteiger partial charge in [-0.15, -0.1) is 0 Å². The Hall–Kier alpha value is -0.480. The van der Waals surface area contributed by atoms with Crippen LogP contribution in [0.2, 0.25) is 0 Å². The number of rotatable bonds is 27. The molecule has 0 aromatic heterocycles. The number of unbranched alkanes of at least 4 members (excludes halogenated alkanes) is 2. The van der Waals surface area contributed by atoms with Gasteiger partial charge in [0.05, 0.1) is 6.61 Å². The van der Waals surface area contributed by atoms with Gasteiger partial charge >= 0.3 is 0 Å². The Morgan fingerprint density at radius 1 is 0.463 bits per heavy atom. The second-order valence-electron chi connectivity index (χ2n) is 10.0. The van der Waals surface area contributed by atoms with Crippen molar-refractivity contribution in [2.75, 3.05) is 154 Å². The van der Waals surface area contributed by atoms with E-state index < -0.39 is 0 Å². The first-order valence-electron chi connectivity index (χ1n) is 15.9. The van der Waals surface area contributed by atoms with Crippen molar-refractivity contribution in [1.82, 2.24) is 47.0 Å². The van der Waals surface area contributed by atoms with Gasteiger partial charge in [-0.1, -0.05) is 0 Å². The molecule has 0 saturated carbocycles. The first kappa shape index (κ1) is 47.5. The van der Waals surface area contributed by atoms with Crippen molar-refractivity contribution in [3.63, 3.8) is 0 Å². The molecule has 0 amide bonds. The number of nitrogens with two attached hydrogens (primary N) is 1. The third-order valence-corrected chi connectivity index (χ3v) is 5.70. The molecule has 0 bridgehead atoms. The minimum atomic E-state index is 0.208. The SMILES string of the molecule is CN(C)CCCNCCCN.CNCCCNC.CNCCN(CCNC)CCNC.OCCCCCNCCO. The zero-order valence-electron chi connectivity index (χ0n) is 28.4. The summed E-state index contributed by atoms with van der Waals surface area (Å²) in [4.78, 5) is 4.65. The Morgan fingerprint density at radius 2 is 0.927 bits per heavy atom. The van der Waals surface area contributed by atoms with Crippen LogP contribution < -0.4 is 43.0 Å². The van der Waals surface area contributed by atoms with Crippen molar-refractivity contribution >= 4 is 0 Å². The Balaban J connectivity index is -0.000000227. The van der Waals surface area contributed by atoms with Crippen LogP contribution >= 0.6 is 0 Å². The highest BCUT2D eigenvalue weighted by atomic mass is 16.3. The lowest BCUT2D eigenvalue weighted by atomic mass is 10.2. The molecule has 0 saturated heterocycles. The quantitative estimate of drug-likeness (QED) is 0.0495. The Bertz CT molecular complexity index is 370. The summed E-state index contributed by atoms with van der Waals surface area (Å²) in [5.74, 6) is 0. The van der Waals surface area contributed by atoms with E-state index in [2.05, 4.69) is 61.1 Å². The highest BCUT2D eigenvalue weighted by molar-refractivity contribution is 4.61.